The van der Waals surface area contributed by atoms with E-state index in [-0.39, 0.29) is 11.7 Å². The number of para-hydroxylation sites is 1. The number of fused-ring (bicyclic) bond motifs is 1. The highest BCUT2D eigenvalue weighted by molar-refractivity contribution is 5.39. The van der Waals surface area contributed by atoms with Crippen molar-refractivity contribution in [3.63, 3.8) is 0 Å². The van der Waals surface area contributed by atoms with Crippen molar-refractivity contribution in [1.29, 1.82) is 0 Å². The van der Waals surface area contributed by atoms with Crippen LogP contribution in [0.5, 0.6) is 5.75 Å². The van der Waals surface area contributed by atoms with Gasteiger partial charge >= 0.3 is 0 Å². The Morgan fingerprint density at radius 1 is 1.22 bits per heavy atom. The molecule has 2 N–H and O–H groups in total. The zero-order valence-electron chi connectivity index (χ0n) is 13.8. The molecule has 0 amide bonds. The molecular weight excluding hydrogens is 288 g/mol. The number of likely N-dealkylation sites (tertiary alicyclic amines) is 1. The minimum atomic E-state index is -0.291. The number of benzene rings is 1. The van der Waals surface area contributed by atoms with Gasteiger partial charge in [-0.3, -0.25) is 0 Å². The van der Waals surface area contributed by atoms with Crippen molar-refractivity contribution in [1.82, 2.24) is 10.2 Å². The van der Waals surface area contributed by atoms with Gasteiger partial charge in [-0.15, -0.1) is 0 Å². The maximum Gasteiger partial charge on any atom is 0.124 e. The van der Waals surface area contributed by atoms with Crippen LogP contribution in [0.15, 0.2) is 24.3 Å². The molecule has 1 aromatic rings. The predicted octanol–water partition coefficient (Wildman–Crippen LogP) is 2.48. The second kappa shape index (κ2) is 6.42. The summed E-state index contributed by atoms with van der Waals surface area (Å²) in [6.45, 7) is 3.73. The molecule has 1 spiro atoms. The Morgan fingerprint density at radius 2 is 2.00 bits per heavy atom. The molecule has 0 radical (unpaired) electrons. The van der Waals surface area contributed by atoms with Gasteiger partial charge < -0.3 is 20.1 Å². The molecule has 1 saturated carbocycles. The van der Waals surface area contributed by atoms with E-state index < -0.39 is 0 Å². The van der Waals surface area contributed by atoms with E-state index in [2.05, 4.69) is 34.5 Å². The average Bonchev–Trinajstić information content (AvgIpc) is 3.03. The summed E-state index contributed by atoms with van der Waals surface area (Å²) in [5, 5.41) is 14.0. The minimum absolute atomic E-state index is 0.0475. The normalized spacial score (nSPS) is 27.3. The number of nitrogens with zero attached hydrogens (tertiary/aromatic N) is 1. The Bertz CT molecular complexity index is 538. The maximum absolute atomic E-state index is 10.4. The first-order chi connectivity index (χ1) is 11.2. The van der Waals surface area contributed by atoms with Crippen molar-refractivity contribution < 1.29 is 9.84 Å². The summed E-state index contributed by atoms with van der Waals surface area (Å²) in [4.78, 5) is 2.37. The number of ether oxygens (including phenoxy) is 1. The smallest absolute Gasteiger partial charge is 0.124 e. The summed E-state index contributed by atoms with van der Waals surface area (Å²) in [7, 11) is 0. The lowest BCUT2D eigenvalue weighted by molar-refractivity contribution is -0.0381. The maximum atomic E-state index is 10.4. The molecule has 126 valence electrons. The van der Waals surface area contributed by atoms with Gasteiger partial charge in [-0.2, -0.15) is 0 Å². The van der Waals surface area contributed by atoms with E-state index in [1.54, 1.807) is 0 Å². The molecule has 4 nitrogen and oxygen atoms in total. The first kappa shape index (κ1) is 15.4. The molecular formula is C19H28N2O2. The van der Waals surface area contributed by atoms with Gasteiger partial charge in [0.25, 0.3) is 0 Å². The van der Waals surface area contributed by atoms with Crippen LogP contribution in [-0.4, -0.2) is 47.9 Å². The van der Waals surface area contributed by atoms with Crippen LogP contribution in [0.1, 0.15) is 50.1 Å². The summed E-state index contributed by atoms with van der Waals surface area (Å²) >= 11 is 0. The largest absolute Gasteiger partial charge is 0.487 e. The fourth-order valence-corrected chi connectivity index (χ4v) is 4.28. The van der Waals surface area contributed by atoms with E-state index in [1.165, 1.54) is 24.8 Å². The lowest BCUT2D eigenvalue weighted by Gasteiger charge is -2.48. The van der Waals surface area contributed by atoms with Gasteiger partial charge in [-0.25, -0.2) is 0 Å². The van der Waals surface area contributed by atoms with Crippen molar-refractivity contribution >= 4 is 0 Å². The summed E-state index contributed by atoms with van der Waals surface area (Å²) in [5.74, 6) is 1.03. The van der Waals surface area contributed by atoms with Crippen molar-refractivity contribution in [2.75, 3.05) is 26.2 Å². The van der Waals surface area contributed by atoms with Crippen molar-refractivity contribution in [3.05, 3.63) is 29.8 Å². The molecule has 2 fully saturated rings. The third-order valence-electron chi connectivity index (χ3n) is 5.73. The monoisotopic (exact) mass is 316 g/mol. The summed E-state index contributed by atoms with van der Waals surface area (Å²) in [6.07, 6.45) is 6.88. The second-order valence-electron chi connectivity index (χ2n) is 7.50. The number of rotatable bonds is 5. The minimum Gasteiger partial charge on any atom is -0.487 e. The van der Waals surface area contributed by atoms with E-state index >= 15 is 0 Å². The van der Waals surface area contributed by atoms with Crippen molar-refractivity contribution in [2.45, 2.75) is 56.3 Å². The van der Waals surface area contributed by atoms with Gasteiger partial charge in [0.1, 0.15) is 11.4 Å². The molecule has 1 aromatic carbocycles. The molecule has 2 unspecified atom stereocenters. The van der Waals surface area contributed by atoms with E-state index in [9.17, 15) is 5.11 Å². The molecule has 3 aliphatic rings. The molecule has 23 heavy (non-hydrogen) atoms. The van der Waals surface area contributed by atoms with E-state index in [1.807, 2.05) is 0 Å². The number of nitrogens with one attached hydrogen (secondary N) is 1. The molecule has 2 aliphatic heterocycles. The fourth-order valence-electron chi connectivity index (χ4n) is 4.28. The van der Waals surface area contributed by atoms with Crippen LogP contribution < -0.4 is 10.1 Å². The van der Waals surface area contributed by atoms with Gasteiger partial charge in [-0.1, -0.05) is 18.2 Å². The number of aliphatic hydroxyl groups excluding tert-OH is 1. The van der Waals surface area contributed by atoms with Gasteiger partial charge in [0.05, 0.1) is 6.10 Å². The third kappa shape index (κ3) is 3.25. The highest BCUT2D eigenvalue weighted by Gasteiger charge is 2.45. The molecule has 0 bridgehead atoms. The second-order valence-corrected chi connectivity index (χ2v) is 7.50. The summed E-state index contributed by atoms with van der Waals surface area (Å²) < 4.78 is 6.29. The predicted molar refractivity (Wildman–Crippen MR) is 90.7 cm³/mol. The molecule has 1 aliphatic carbocycles. The first-order valence-electron chi connectivity index (χ1n) is 9.16. The van der Waals surface area contributed by atoms with Crippen LogP contribution in [0.25, 0.3) is 0 Å². The van der Waals surface area contributed by atoms with Gasteiger partial charge in [0, 0.05) is 31.1 Å². The summed E-state index contributed by atoms with van der Waals surface area (Å²) in [5.41, 5.74) is 1.30. The lowest BCUT2D eigenvalue weighted by atomic mass is 9.73. The van der Waals surface area contributed by atoms with Crippen LogP contribution in [-0.2, 0) is 0 Å². The quantitative estimate of drug-likeness (QED) is 0.876. The molecule has 2 atom stereocenters. The molecule has 4 heteroatoms. The number of hydrogen-bond acceptors (Lipinski definition) is 4. The topological polar surface area (TPSA) is 44.7 Å². The van der Waals surface area contributed by atoms with Gasteiger partial charge in [-0.05, 0) is 51.3 Å². The Kier molecular flexibility index (Phi) is 4.31. The standard InChI is InChI=1S/C19H28N2O2/c22-15(14-21-10-3-4-11-21)13-20-17-12-19(8-5-9-19)23-18-7-2-1-6-16(17)18/h1-2,6-7,15,17,20,22H,3-5,8-14H2. The van der Waals surface area contributed by atoms with Crippen LogP contribution in [0.3, 0.4) is 0 Å². The Hall–Kier alpha value is -1.10. The Morgan fingerprint density at radius 3 is 2.74 bits per heavy atom. The van der Waals surface area contributed by atoms with Crippen molar-refractivity contribution in [3.8, 4) is 5.75 Å². The first-order valence-corrected chi connectivity index (χ1v) is 9.16. The Balaban J connectivity index is 1.39. The SMILES string of the molecule is OC(CNC1CC2(CCC2)Oc2ccccc21)CN1CCCC1. The number of β-amino-alcohol motifs (C(OH)–C–C–N with tert-alkyl or cyclic N) is 1. The van der Waals surface area contributed by atoms with Crippen LogP contribution in [0.4, 0.5) is 0 Å². The van der Waals surface area contributed by atoms with Gasteiger partial charge in [0.15, 0.2) is 0 Å². The highest BCUT2D eigenvalue weighted by atomic mass is 16.5. The average molecular weight is 316 g/mol. The van der Waals surface area contributed by atoms with Crippen LogP contribution >= 0.6 is 0 Å². The van der Waals surface area contributed by atoms with Crippen LogP contribution in [0.2, 0.25) is 0 Å². The Labute approximate surface area is 138 Å². The summed E-state index contributed by atoms with van der Waals surface area (Å²) in [6, 6.07) is 8.68. The molecule has 4 rings (SSSR count). The van der Waals surface area contributed by atoms with Crippen molar-refractivity contribution in [2.24, 2.45) is 0 Å². The third-order valence-corrected chi connectivity index (χ3v) is 5.73. The van der Waals surface area contributed by atoms with E-state index in [4.69, 9.17) is 4.74 Å². The number of aliphatic hydroxyl groups is 1. The van der Waals surface area contributed by atoms with E-state index in [0.717, 1.165) is 44.6 Å². The van der Waals surface area contributed by atoms with E-state index in [0.29, 0.717) is 12.6 Å². The molecule has 0 aromatic heterocycles. The lowest BCUT2D eigenvalue weighted by Crippen LogP contribution is -2.50. The zero-order chi connectivity index (χ0) is 15.7. The zero-order valence-corrected chi connectivity index (χ0v) is 13.8. The molecule has 1 saturated heterocycles. The molecule has 2 heterocycles. The number of hydrogen-bond donors (Lipinski definition) is 2. The highest BCUT2D eigenvalue weighted by Crippen LogP contribution is 2.48. The van der Waals surface area contributed by atoms with Crippen LogP contribution in [0, 0.1) is 0 Å². The fraction of sp³-hybridized carbons (Fsp3) is 0.684. The van der Waals surface area contributed by atoms with Gasteiger partial charge in [0.2, 0.25) is 0 Å².